The Kier molecular flexibility index (Phi) is 4.06. The molecule has 0 amide bonds. The van der Waals surface area contributed by atoms with Gasteiger partial charge in [-0.1, -0.05) is 34.8 Å². The van der Waals surface area contributed by atoms with Crippen molar-refractivity contribution in [3.63, 3.8) is 0 Å². The fraction of sp³-hybridized carbons (Fsp3) is 0.143. The minimum Gasteiger partial charge on any atom is -0.383 e. The zero-order valence-electron chi connectivity index (χ0n) is 11.9. The maximum absolute atomic E-state index is 13.3. The molecule has 3 rings (SSSR count). The minimum absolute atomic E-state index is 0.123. The highest BCUT2D eigenvalue weighted by atomic mass is 35.5. The molecule has 24 heavy (non-hydrogen) atoms. The third kappa shape index (κ3) is 2.76. The predicted molar refractivity (Wildman–Crippen MR) is 88.0 cm³/mol. The molecule has 4 nitrogen and oxygen atoms in total. The van der Waals surface area contributed by atoms with Crippen LogP contribution in [0, 0.1) is 6.92 Å². The Morgan fingerprint density at radius 3 is 2.21 bits per heavy atom. The highest BCUT2D eigenvalue weighted by Gasteiger charge is 2.35. The van der Waals surface area contributed by atoms with Crippen LogP contribution in [0.2, 0.25) is 15.1 Å². The lowest BCUT2D eigenvalue weighted by Gasteiger charge is -2.09. The van der Waals surface area contributed by atoms with Crippen molar-refractivity contribution < 1.29 is 13.2 Å². The van der Waals surface area contributed by atoms with Gasteiger partial charge in [0.15, 0.2) is 5.65 Å². The smallest absolute Gasteiger partial charge is 0.383 e. The summed E-state index contributed by atoms with van der Waals surface area (Å²) in [4.78, 5) is 4.02. The van der Waals surface area contributed by atoms with Gasteiger partial charge in [-0.2, -0.15) is 13.2 Å². The van der Waals surface area contributed by atoms with E-state index in [0.717, 1.165) is 10.7 Å². The summed E-state index contributed by atoms with van der Waals surface area (Å²) in [6.07, 6.45) is -4.59. The summed E-state index contributed by atoms with van der Waals surface area (Å²) >= 11 is 17.8. The van der Waals surface area contributed by atoms with Crippen LogP contribution in [0.25, 0.3) is 16.7 Å². The first-order valence-corrected chi connectivity index (χ1v) is 7.61. The molecule has 0 radical (unpaired) electrons. The molecule has 0 aliphatic carbocycles. The predicted octanol–water partition coefficient (Wildman–Crippen LogP) is 5.29. The van der Waals surface area contributed by atoms with Gasteiger partial charge in [0.1, 0.15) is 5.82 Å². The monoisotopic (exact) mass is 394 g/mol. The van der Waals surface area contributed by atoms with Gasteiger partial charge in [0.25, 0.3) is 0 Å². The molecule has 2 aromatic heterocycles. The molecule has 0 bridgehead atoms. The molecule has 2 heterocycles. The number of rotatable bonds is 1. The maximum Gasteiger partial charge on any atom is 0.417 e. The lowest BCUT2D eigenvalue weighted by Crippen LogP contribution is -2.08. The number of alkyl halides is 3. The number of nitrogens with zero attached hydrogens (tertiary/aromatic N) is 3. The second-order valence-corrected chi connectivity index (χ2v) is 6.22. The van der Waals surface area contributed by atoms with Gasteiger partial charge in [0.05, 0.1) is 31.7 Å². The first kappa shape index (κ1) is 17.1. The molecule has 0 unspecified atom stereocenters. The van der Waals surface area contributed by atoms with Crippen LogP contribution < -0.4 is 5.73 Å². The molecule has 3 aromatic rings. The van der Waals surface area contributed by atoms with Gasteiger partial charge in [-0.15, -0.1) is 5.10 Å². The Morgan fingerprint density at radius 2 is 1.67 bits per heavy atom. The van der Waals surface area contributed by atoms with Crippen LogP contribution in [-0.2, 0) is 6.18 Å². The second kappa shape index (κ2) is 5.68. The van der Waals surface area contributed by atoms with Crippen LogP contribution in [0.3, 0.4) is 0 Å². The number of aromatic nitrogens is 3. The molecule has 0 aliphatic rings. The summed E-state index contributed by atoms with van der Waals surface area (Å²) in [5.74, 6) is -0.223. The molecule has 0 atom stereocenters. The number of aryl methyl sites for hydroxylation is 1. The summed E-state index contributed by atoms with van der Waals surface area (Å²) in [5, 5.41) is 4.14. The average Bonchev–Trinajstić information content (AvgIpc) is 2.79. The molecular weight excluding hydrogens is 388 g/mol. The van der Waals surface area contributed by atoms with Gasteiger partial charge in [-0.3, -0.25) is 0 Å². The number of hydrogen-bond donors (Lipinski definition) is 1. The van der Waals surface area contributed by atoms with Crippen molar-refractivity contribution in [1.82, 2.24) is 14.8 Å². The molecule has 2 N–H and O–H groups in total. The van der Waals surface area contributed by atoms with E-state index in [0.29, 0.717) is 0 Å². The van der Waals surface area contributed by atoms with Crippen LogP contribution in [0.15, 0.2) is 18.2 Å². The third-order valence-corrected chi connectivity index (χ3v) is 4.52. The van der Waals surface area contributed by atoms with E-state index >= 15 is 0 Å². The van der Waals surface area contributed by atoms with Crippen molar-refractivity contribution in [3.8, 4) is 5.69 Å². The minimum atomic E-state index is -4.59. The van der Waals surface area contributed by atoms with Gasteiger partial charge in [0.2, 0.25) is 0 Å². The topological polar surface area (TPSA) is 56.7 Å². The summed E-state index contributed by atoms with van der Waals surface area (Å²) in [6.45, 7) is 1.44. The summed E-state index contributed by atoms with van der Waals surface area (Å²) in [7, 11) is 0. The second-order valence-electron chi connectivity index (χ2n) is 5.03. The Morgan fingerprint density at radius 1 is 1.08 bits per heavy atom. The van der Waals surface area contributed by atoms with E-state index in [1.54, 1.807) is 0 Å². The van der Waals surface area contributed by atoms with Gasteiger partial charge in [-0.05, 0) is 25.1 Å². The van der Waals surface area contributed by atoms with Gasteiger partial charge in [0, 0.05) is 5.69 Å². The van der Waals surface area contributed by atoms with Crippen LogP contribution in [-0.4, -0.2) is 14.8 Å². The highest BCUT2D eigenvalue weighted by Crippen LogP contribution is 2.39. The first-order valence-electron chi connectivity index (χ1n) is 6.47. The zero-order chi connectivity index (χ0) is 17.8. The molecule has 0 fully saturated rings. The van der Waals surface area contributed by atoms with Crippen molar-refractivity contribution in [1.29, 1.82) is 0 Å². The Hall–Kier alpha value is -1.70. The Labute approximate surface area is 148 Å². The van der Waals surface area contributed by atoms with E-state index in [1.807, 2.05) is 0 Å². The fourth-order valence-corrected chi connectivity index (χ4v) is 2.91. The molecule has 0 aliphatic heterocycles. The number of pyridine rings is 1. The average molecular weight is 396 g/mol. The van der Waals surface area contributed by atoms with Gasteiger partial charge in [-0.25, -0.2) is 9.67 Å². The largest absolute Gasteiger partial charge is 0.417 e. The SMILES string of the molecule is Cc1cc(C(F)(F)F)c2c(N)n(-c3cc(Cl)c(Cl)c(Cl)c3)nc2n1. The van der Waals surface area contributed by atoms with E-state index in [2.05, 4.69) is 10.1 Å². The number of fused-ring (bicyclic) bond motifs is 1. The van der Waals surface area contributed by atoms with E-state index in [4.69, 9.17) is 40.5 Å². The van der Waals surface area contributed by atoms with Crippen LogP contribution in [0.4, 0.5) is 19.0 Å². The highest BCUT2D eigenvalue weighted by molar-refractivity contribution is 6.48. The number of anilines is 1. The van der Waals surface area contributed by atoms with E-state index in [9.17, 15) is 13.2 Å². The van der Waals surface area contributed by atoms with Crippen LogP contribution in [0.5, 0.6) is 0 Å². The van der Waals surface area contributed by atoms with E-state index < -0.39 is 11.7 Å². The third-order valence-electron chi connectivity index (χ3n) is 3.33. The zero-order valence-corrected chi connectivity index (χ0v) is 14.2. The van der Waals surface area contributed by atoms with Crippen molar-refractivity contribution in [3.05, 3.63) is 44.5 Å². The normalized spacial score (nSPS) is 12.1. The van der Waals surface area contributed by atoms with Crippen molar-refractivity contribution >= 4 is 51.7 Å². The van der Waals surface area contributed by atoms with Gasteiger partial charge >= 0.3 is 6.18 Å². The number of halogens is 6. The Bertz CT molecular complexity index is 943. The maximum atomic E-state index is 13.3. The Balaban J connectivity index is 2.34. The van der Waals surface area contributed by atoms with Crippen molar-refractivity contribution in [2.75, 3.05) is 5.73 Å². The molecule has 10 heteroatoms. The molecular formula is C14H8Cl3F3N4. The van der Waals surface area contributed by atoms with E-state index in [-0.39, 0.29) is 43.3 Å². The van der Waals surface area contributed by atoms with Crippen molar-refractivity contribution in [2.45, 2.75) is 13.1 Å². The van der Waals surface area contributed by atoms with Gasteiger partial charge < -0.3 is 5.73 Å². The molecule has 0 saturated heterocycles. The molecule has 0 spiro atoms. The number of benzene rings is 1. The fourth-order valence-electron chi connectivity index (χ4n) is 2.32. The summed E-state index contributed by atoms with van der Waals surface area (Å²) in [5.41, 5.74) is 5.32. The standard InChI is InChI=1S/C14H8Cl3F3N4/c1-5-2-7(14(18,19)20)10-12(21)24(23-13(10)22-5)6-3-8(15)11(17)9(16)4-6/h2-4H,21H2,1H3. The van der Waals surface area contributed by atoms with E-state index in [1.165, 1.54) is 19.1 Å². The van der Waals surface area contributed by atoms with Crippen molar-refractivity contribution in [2.24, 2.45) is 0 Å². The molecule has 1 aromatic carbocycles. The number of nitrogens with two attached hydrogens (primary N) is 1. The summed E-state index contributed by atoms with van der Waals surface area (Å²) in [6, 6.07) is 3.72. The quantitative estimate of drug-likeness (QED) is 0.570. The van der Waals surface area contributed by atoms with Crippen LogP contribution in [0.1, 0.15) is 11.3 Å². The lowest BCUT2D eigenvalue weighted by atomic mass is 10.1. The lowest BCUT2D eigenvalue weighted by molar-refractivity contribution is -0.136. The number of nitrogen functional groups attached to an aromatic ring is 1. The first-order chi connectivity index (χ1) is 11.1. The van der Waals surface area contributed by atoms with Crippen LogP contribution >= 0.6 is 34.8 Å². The molecule has 0 saturated carbocycles. The molecule has 126 valence electrons. The summed E-state index contributed by atoms with van der Waals surface area (Å²) < 4.78 is 41.0. The number of hydrogen-bond acceptors (Lipinski definition) is 3.